The number of halogens is 5. The average molecular weight is 579 g/mol. The summed E-state index contributed by atoms with van der Waals surface area (Å²) in [4.78, 5) is 15.8. The number of hydrogen-bond donors (Lipinski definition) is 2. The molecule has 0 bridgehead atoms. The van der Waals surface area contributed by atoms with Crippen LogP contribution in [0.5, 0.6) is 5.75 Å². The van der Waals surface area contributed by atoms with Crippen molar-refractivity contribution in [1.29, 1.82) is 0 Å². The van der Waals surface area contributed by atoms with Gasteiger partial charge in [-0.2, -0.15) is 0 Å². The fraction of sp³-hybridized carbons (Fsp3) is 0.273. The van der Waals surface area contributed by atoms with Gasteiger partial charge in [-0.25, -0.2) is 35.8 Å². The predicted molar refractivity (Wildman–Crippen MR) is 128 cm³/mol. The molecule has 0 radical (unpaired) electrons. The van der Waals surface area contributed by atoms with Gasteiger partial charge in [-0.1, -0.05) is 29.0 Å². The van der Waals surface area contributed by atoms with Crippen LogP contribution < -0.4 is 15.2 Å². The largest absolute Gasteiger partial charge is 0.490 e. The van der Waals surface area contributed by atoms with Crippen LogP contribution in [0.15, 0.2) is 41.4 Å². The number of nitrogens with one attached hydrogen (secondary N) is 1. The second-order valence-electron chi connectivity index (χ2n) is 8.21. The highest BCUT2D eigenvalue weighted by Crippen LogP contribution is 2.35. The molecule has 8 nitrogen and oxygen atoms in total. The number of thiazole rings is 1. The molecule has 3 N–H and O–H groups in total. The molecule has 0 aliphatic carbocycles. The summed E-state index contributed by atoms with van der Waals surface area (Å²) in [5, 5.41) is -0.135. The highest BCUT2D eigenvalue weighted by Gasteiger charge is 2.33. The molecule has 198 valence electrons. The first-order valence-corrected chi connectivity index (χ1v) is 13.4. The number of primary amides is 1. The van der Waals surface area contributed by atoms with Crippen molar-refractivity contribution in [2.24, 2.45) is 11.7 Å². The summed E-state index contributed by atoms with van der Waals surface area (Å²) in [6, 6.07) is 3.76. The van der Waals surface area contributed by atoms with E-state index in [2.05, 4.69) is 4.98 Å². The van der Waals surface area contributed by atoms with Crippen LogP contribution >= 0.6 is 22.9 Å². The Labute approximate surface area is 218 Å². The molecule has 0 unspecified atom stereocenters. The van der Waals surface area contributed by atoms with E-state index in [-0.39, 0.29) is 29.2 Å². The smallest absolute Gasteiger partial charge is 0.314 e. The maximum Gasteiger partial charge on any atom is 0.314 e. The Morgan fingerprint density at radius 2 is 1.92 bits per heavy atom. The molecule has 2 amide bonds. The molecular formula is C22H19ClF4N4O4S2. The minimum Gasteiger partial charge on any atom is -0.490 e. The number of urea groups is 1. The van der Waals surface area contributed by atoms with E-state index in [0.717, 1.165) is 23.5 Å². The summed E-state index contributed by atoms with van der Waals surface area (Å²) in [6.07, 6.45) is 1.53. The van der Waals surface area contributed by atoms with Crippen LogP contribution in [0.2, 0.25) is 4.34 Å². The van der Waals surface area contributed by atoms with Gasteiger partial charge in [0.25, 0.3) is 10.0 Å². The second kappa shape index (κ2) is 10.7. The number of hydrogen-bond acceptors (Lipinski definition) is 6. The SMILES string of the molecule is NC(=O)N1CC[C@H](c2ccc(F)c(F)c2)[C@@H](COc2cc(F)c(S(=O)(=O)Nc3ncc(Cl)s3)cc2F)C1. The van der Waals surface area contributed by atoms with Gasteiger partial charge in [0.2, 0.25) is 0 Å². The molecule has 1 aliphatic rings. The number of nitrogens with zero attached hydrogens (tertiary/aromatic N) is 2. The molecule has 0 spiro atoms. The third-order valence-corrected chi connectivity index (χ3v) is 8.36. The molecule has 1 aliphatic heterocycles. The Balaban J connectivity index is 1.55. The molecule has 15 heteroatoms. The number of likely N-dealkylation sites (tertiary alicyclic amines) is 1. The number of rotatable bonds is 7. The zero-order chi connectivity index (χ0) is 26.9. The van der Waals surface area contributed by atoms with Crippen molar-refractivity contribution in [1.82, 2.24) is 9.88 Å². The Morgan fingerprint density at radius 1 is 1.16 bits per heavy atom. The number of nitrogens with two attached hydrogens (primary N) is 1. The zero-order valence-electron chi connectivity index (χ0n) is 18.8. The van der Waals surface area contributed by atoms with Gasteiger partial charge in [-0.15, -0.1) is 0 Å². The number of benzene rings is 2. The van der Waals surface area contributed by atoms with Gasteiger partial charge in [-0.3, -0.25) is 4.72 Å². The maximum absolute atomic E-state index is 14.8. The molecule has 4 rings (SSSR count). The lowest BCUT2D eigenvalue weighted by molar-refractivity contribution is 0.124. The first-order valence-electron chi connectivity index (χ1n) is 10.7. The lowest BCUT2D eigenvalue weighted by Crippen LogP contribution is -2.47. The van der Waals surface area contributed by atoms with E-state index in [1.165, 1.54) is 17.2 Å². The molecule has 2 heterocycles. The van der Waals surface area contributed by atoms with Gasteiger partial charge in [0.1, 0.15) is 15.0 Å². The molecule has 1 fully saturated rings. The molecule has 3 aromatic rings. The maximum atomic E-state index is 14.8. The third-order valence-electron chi connectivity index (χ3n) is 5.85. The van der Waals surface area contributed by atoms with Crippen molar-refractivity contribution in [3.8, 4) is 5.75 Å². The summed E-state index contributed by atoms with van der Waals surface area (Å²) in [7, 11) is -4.53. The number of ether oxygens (including phenoxy) is 1. The normalized spacial score (nSPS) is 18.0. The standard InChI is InChI=1S/C22H19ClF4N4O4S2/c23-20-8-29-22(36-20)30-37(33,34)19-7-16(26)18(6-17(19)27)35-10-12-9-31(21(28)32)4-3-13(12)11-1-2-14(24)15(25)5-11/h1-2,5-8,12-13H,3-4,9-10H2,(H2,28,32)(H,29,30)/t12-,13-/m1/s1. The molecule has 1 aromatic heterocycles. The molecular weight excluding hydrogens is 560 g/mol. The van der Waals surface area contributed by atoms with Crippen LogP contribution in [0.4, 0.5) is 27.5 Å². The van der Waals surface area contributed by atoms with Crippen LogP contribution in [0.1, 0.15) is 17.9 Å². The Hall–Kier alpha value is -3.10. The van der Waals surface area contributed by atoms with E-state index in [1.807, 2.05) is 4.72 Å². The third kappa shape index (κ3) is 6.08. The fourth-order valence-corrected chi connectivity index (χ4v) is 6.20. The molecule has 37 heavy (non-hydrogen) atoms. The Morgan fingerprint density at radius 3 is 2.57 bits per heavy atom. The number of piperidine rings is 1. The van der Waals surface area contributed by atoms with Gasteiger partial charge in [0.15, 0.2) is 28.3 Å². The number of anilines is 1. The predicted octanol–water partition coefficient (Wildman–Crippen LogP) is 4.72. The molecule has 2 atom stereocenters. The molecule has 2 aromatic carbocycles. The number of amides is 2. The van der Waals surface area contributed by atoms with Crippen molar-refractivity contribution >= 4 is 44.1 Å². The van der Waals surface area contributed by atoms with E-state index in [0.29, 0.717) is 24.1 Å². The van der Waals surface area contributed by atoms with Crippen LogP contribution in [0, 0.1) is 29.2 Å². The van der Waals surface area contributed by atoms with Gasteiger partial charge in [0.05, 0.1) is 12.8 Å². The average Bonchev–Trinajstić information content (AvgIpc) is 3.24. The van der Waals surface area contributed by atoms with E-state index < -0.39 is 61.8 Å². The quantitative estimate of drug-likeness (QED) is 0.394. The van der Waals surface area contributed by atoms with Crippen LogP contribution in [-0.2, 0) is 10.0 Å². The van der Waals surface area contributed by atoms with Crippen molar-refractivity contribution in [3.63, 3.8) is 0 Å². The number of sulfonamides is 1. The summed E-state index contributed by atoms with van der Waals surface area (Å²) < 4.78 is 89.5. The first kappa shape index (κ1) is 26.9. The zero-order valence-corrected chi connectivity index (χ0v) is 21.1. The van der Waals surface area contributed by atoms with Crippen LogP contribution in [0.25, 0.3) is 0 Å². The number of carbonyl (C=O) groups excluding carboxylic acids is 1. The number of carbonyl (C=O) groups is 1. The topological polar surface area (TPSA) is 115 Å². The van der Waals surface area contributed by atoms with Gasteiger partial charge < -0.3 is 15.4 Å². The van der Waals surface area contributed by atoms with Crippen LogP contribution in [0.3, 0.4) is 0 Å². The first-order chi connectivity index (χ1) is 17.4. The highest BCUT2D eigenvalue weighted by atomic mass is 35.5. The lowest BCUT2D eigenvalue weighted by atomic mass is 9.81. The van der Waals surface area contributed by atoms with Crippen LogP contribution in [-0.4, -0.2) is 44.0 Å². The lowest BCUT2D eigenvalue weighted by Gasteiger charge is -2.38. The Kier molecular flexibility index (Phi) is 7.80. The molecule has 1 saturated heterocycles. The van der Waals surface area contributed by atoms with E-state index in [4.69, 9.17) is 22.1 Å². The fourth-order valence-electron chi connectivity index (χ4n) is 4.08. The number of aromatic nitrogens is 1. The van der Waals surface area contributed by atoms with Crippen molar-refractivity contribution in [3.05, 3.63) is 69.7 Å². The monoisotopic (exact) mass is 578 g/mol. The summed E-state index contributed by atoms with van der Waals surface area (Å²) in [5.41, 5.74) is 5.82. The Bertz CT molecular complexity index is 1440. The van der Waals surface area contributed by atoms with Crippen molar-refractivity contribution in [2.75, 3.05) is 24.4 Å². The van der Waals surface area contributed by atoms with Gasteiger partial charge in [-0.05, 0) is 30.0 Å². The van der Waals surface area contributed by atoms with E-state index >= 15 is 0 Å². The van der Waals surface area contributed by atoms with E-state index in [9.17, 15) is 30.8 Å². The van der Waals surface area contributed by atoms with Gasteiger partial charge >= 0.3 is 6.03 Å². The minimum absolute atomic E-state index is 0.0653. The van der Waals surface area contributed by atoms with Crippen molar-refractivity contribution < 1.29 is 35.5 Å². The van der Waals surface area contributed by atoms with E-state index in [1.54, 1.807) is 0 Å². The minimum atomic E-state index is -4.53. The summed E-state index contributed by atoms with van der Waals surface area (Å²) >= 11 is 6.50. The second-order valence-corrected chi connectivity index (χ2v) is 11.5. The summed E-state index contributed by atoms with van der Waals surface area (Å²) in [6.45, 7) is 0.0595. The van der Waals surface area contributed by atoms with Gasteiger partial charge in [0, 0.05) is 31.1 Å². The molecule has 0 saturated carbocycles. The van der Waals surface area contributed by atoms with Crippen molar-refractivity contribution in [2.45, 2.75) is 17.2 Å². The highest BCUT2D eigenvalue weighted by molar-refractivity contribution is 7.93. The summed E-state index contributed by atoms with van der Waals surface area (Å²) in [5.74, 6) is -6.05.